The van der Waals surface area contributed by atoms with Crippen LogP contribution in [0.5, 0.6) is 0 Å². The minimum atomic E-state index is -0.261. The van der Waals surface area contributed by atoms with E-state index >= 15 is 0 Å². The van der Waals surface area contributed by atoms with Gasteiger partial charge in [-0.3, -0.25) is 0 Å². The zero-order chi connectivity index (χ0) is 15.7. The maximum Gasteiger partial charge on any atom is 0.144 e. The van der Waals surface area contributed by atoms with Crippen molar-refractivity contribution in [3.8, 4) is 0 Å². The Balaban J connectivity index is 2.35. The van der Waals surface area contributed by atoms with E-state index in [1.54, 1.807) is 7.11 Å². The van der Waals surface area contributed by atoms with Crippen molar-refractivity contribution >= 4 is 11.5 Å². The molecule has 0 aliphatic rings. The highest BCUT2D eigenvalue weighted by atomic mass is 16.5. The van der Waals surface area contributed by atoms with E-state index in [1.807, 2.05) is 26.0 Å². The van der Waals surface area contributed by atoms with E-state index in [2.05, 4.69) is 22.6 Å². The van der Waals surface area contributed by atoms with E-state index in [4.69, 9.17) is 15.7 Å². The van der Waals surface area contributed by atoms with E-state index < -0.39 is 0 Å². The first kappa shape index (κ1) is 17.3. The van der Waals surface area contributed by atoms with E-state index in [-0.39, 0.29) is 5.41 Å². The van der Waals surface area contributed by atoms with Crippen LogP contribution in [-0.4, -0.2) is 24.7 Å². The van der Waals surface area contributed by atoms with Crippen molar-refractivity contribution in [3.05, 3.63) is 29.8 Å². The molecule has 0 amide bonds. The SMILES string of the molecule is COCc1ccccc1NCCCCC(C)(C)/C(N)=N/O. The van der Waals surface area contributed by atoms with Crippen LogP contribution < -0.4 is 11.1 Å². The summed E-state index contributed by atoms with van der Waals surface area (Å²) in [6.07, 6.45) is 2.94. The van der Waals surface area contributed by atoms with Crippen LogP contribution in [0, 0.1) is 5.41 Å². The number of anilines is 1. The summed E-state index contributed by atoms with van der Waals surface area (Å²) in [5.74, 6) is 0.292. The van der Waals surface area contributed by atoms with E-state index in [9.17, 15) is 0 Å². The quantitative estimate of drug-likeness (QED) is 0.215. The van der Waals surface area contributed by atoms with Gasteiger partial charge in [-0.05, 0) is 18.9 Å². The molecular weight excluding hydrogens is 266 g/mol. The number of amidine groups is 1. The molecule has 5 heteroatoms. The van der Waals surface area contributed by atoms with Gasteiger partial charge in [-0.1, -0.05) is 43.6 Å². The minimum Gasteiger partial charge on any atom is -0.409 e. The zero-order valence-corrected chi connectivity index (χ0v) is 13.2. The maximum absolute atomic E-state index is 8.74. The lowest BCUT2D eigenvalue weighted by Crippen LogP contribution is -2.31. The number of methoxy groups -OCH3 is 1. The molecule has 0 radical (unpaired) electrons. The van der Waals surface area contributed by atoms with Crippen molar-refractivity contribution in [1.82, 2.24) is 0 Å². The molecule has 0 unspecified atom stereocenters. The van der Waals surface area contributed by atoms with Crippen molar-refractivity contribution in [2.24, 2.45) is 16.3 Å². The second kappa shape index (κ2) is 8.52. The molecule has 1 aromatic rings. The highest BCUT2D eigenvalue weighted by molar-refractivity contribution is 5.85. The third kappa shape index (κ3) is 5.63. The van der Waals surface area contributed by atoms with Gasteiger partial charge in [0.15, 0.2) is 0 Å². The van der Waals surface area contributed by atoms with Crippen molar-refractivity contribution in [3.63, 3.8) is 0 Å². The first-order valence-electron chi connectivity index (χ1n) is 7.30. The number of unbranched alkanes of at least 4 members (excludes halogenated alkanes) is 1. The van der Waals surface area contributed by atoms with Crippen molar-refractivity contribution in [2.75, 3.05) is 19.0 Å². The molecule has 0 spiro atoms. The second-order valence-electron chi connectivity index (χ2n) is 5.84. The van der Waals surface area contributed by atoms with Gasteiger partial charge in [0.25, 0.3) is 0 Å². The van der Waals surface area contributed by atoms with Crippen molar-refractivity contribution in [1.29, 1.82) is 0 Å². The van der Waals surface area contributed by atoms with E-state index in [0.29, 0.717) is 12.4 Å². The fraction of sp³-hybridized carbons (Fsp3) is 0.562. The first-order chi connectivity index (χ1) is 10.0. The number of oxime groups is 1. The van der Waals surface area contributed by atoms with Gasteiger partial charge >= 0.3 is 0 Å². The van der Waals surface area contributed by atoms with E-state index in [1.165, 1.54) is 0 Å². The highest BCUT2D eigenvalue weighted by Crippen LogP contribution is 2.23. The Hall–Kier alpha value is -1.75. The molecular formula is C16H27N3O2. The predicted octanol–water partition coefficient (Wildman–Crippen LogP) is 3.19. The topological polar surface area (TPSA) is 79.9 Å². The van der Waals surface area contributed by atoms with Crippen LogP contribution in [0.1, 0.15) is 38.7 Å². The minimum absolute atomic E-state index is 0.261. The number of ether oxygens (including phenoxy) is 1. The molecule has 0 heterocycles. The maximum atomic E-state index is 8.74. The third-order valence-corrected chi connectivity index (χ3v) is 3.66. The fourth-order valence-electron chi connectivity index (χ4n) is 2.15. The number of hydrogen-bond donors (Lipinski definition) is 3. The lowest BCUT2D eigenvalue weighted by atomic mass is 9.86. The fourth-order valence-corrected chi connectivity index (χ4v) is 2.15. The summed E-state index contributed by atoms with van der Waals surface area (Å²) in [6, 6.07) is 8.16. The standard InChI is InChI=1S/C16H27N3O2/c1-16(2,15(17)19-20)10-6-7-11-18-14-9-5-4-8-13(14)12-21-3/h4-5,8-9,18,20H,6-7,10-12H2,1-3H3,(H2,17,19). The molecule has 0 fully saturated rings. The summed E-state index contributed by atoms with van der Waals surface area (Å²) < 4.78 is 5.19. The molecule has 0 saturated carbocycles. The first-order valence-corrected chi connectivity index (χ1v) is 7.30. The van der Waals surface area contributed by atoms with Crippen LogP contribution >= 0.6 is 0 Å². The van der Waals surface area contributed by atoms with Gasteiger partial charge in [-0.15, -0.1) is 0 Å². The van der Waals surface area contributed by atoms with Gasteiger partial charge in [-0.2, -0.15) is 0 Å². The summed E-state index contributed by atoms with van der Waals surface area (Å²) >= 11 is 0. The summed E-state index contributed by atoms with van der Waals surface area (Å²) in [4.78, 5) is 0. The van der Waals surface area contributed by atoms with Crippen LogP contribution in [0.4, 0.5) is 5.69 Å². The summed E-state index contributed by atoms with van der Waals surface area (Å²) in [5.41, 5.74) is 7.70. The van der Waals surface area contributed by atoms with Gasteiger partial charge in [0, 0.05) is 30.3 Å². The number of para-hydroxylation sites is 1. The molecule has 1 aromatic carbocycles. The Labute approximate surface area is 127 Å². The molecule has 1 rings (SSSR count). The van der Waals surface area contributed by atoms with Gasteiger partial charge in [0.2, 0.25) is 0 Å². The Kier molecular flexibility index (Phi) is 7.02. The number of nitrogens with one attached hydrogen (secondary N) is 1. The number of hydrogen-bond acceptors (Lipinski definition) is 4. The monoisotopic (exact) mass is 293 g/mol. The summed E-state index contributed by atoms with van der Waals surface area (Å²) in [7, 11) is 1.70. The Morgan fingerprint density at radius 3 is 2.71 bits per heavy atom. The molecule has 0 aliphatic heterocycles. The Bertz CT molecular complexity index is 459. The molecule has 0 bridgehead atoms. The molecule has 4 N–H and O–H groups in total. The second-order valence-corrected chi connectivity index (χ2v) is 5.84. The summed E-state index contributed by atoms with van der Waals surface area (Å²) in [5, 5.41) is 15.3. The van der Waals surface area contributed by atoms with Crippen LogP contribution in [0.2, 0.25) is 0 Å². The largest absolute Gasteiger partial charge is 0.409 e. The highest BCUT2D eigenvalue weighted by Gasteiger charge is 2.22. The van der Waals surface area contributed by atoms with Crippen LogP contribution in [0.25, 0.3) is 0 Å². The lowest BCUT2D eigenvalue weighted by Gasteiger charge is -2.22. The lowest BCUT2D eigenvalue weighted by molar-refractivity contribution is 0.185. The van der Waals surface area contributed by atoms with Crippen LogP contribution in [0.3, 0.4) is 0 Å². The normalized spacial score (nSPS) is 12.4. The smallest absolute Gasteiger partial charge is 0.144 e. The molecule has 0 atom stereocenters. The number of nitrogens with zero attached hydrogens (tertiary/aromatic N) is 1. The van der Waals surface area contributed by atoms with Crippen LogP contribution in [0.15, 0.2) is 29.4 Å². The van der Waals surface area contributed by atoms with Gasteiger partial charge in [0.05, 0.1) is 6.61 Å². The molecule has 5 nitrogen and oxygen atoms in total. The van der Waals surface area contributed by atoms with Crippen molar-refractivity contribution in [2.45, 2.75) is 39.7 Å². The summed E-state index contributed by atoms with van der Waals surface area (Å²) in [6.45, 7) is 5.49. The average molecular weight is 293 g/mol. The molecule has 21 heavy (non-hydrogen) atoms. The third-order valence-electron chi connectivity index (χ3n) is 3.66. The number of nitrogens with two attached hydrogens (primary N) is 1. The Morgan fingerprint density at radius 1 is 1.33 bits per heavy atom. The van der Waals surface area contributed by atoms with Gasteiger partial charge in [-0.25, -0.2) is 0 Å². The number of benzene rings is 1. The molecule has 0 aromatic heterocycles. The predicted molar refractivity (Wildman–Crippen MR) is 86.7 cm³/mol. The van der Waals surface area contributed by atoms with E-state index in [0.717, 1.165) is 37.1 Å². The molecule has 0 aliphatic carbocycles. The van der Waals surface area contributed by atoms with Crippen molar-refractivity contribution < 1.29 is 9.94 Å². The molecule has 0 saturated heterocycles. The van der Waals surface area contributed by atoms with Gasteiger partial charge in [0.1, 0.15) is 5.84 Å². The zero-order valence-electron chi connectivity index (χ0n) is 13.2. The van der Waals surface area contributed by atoms with Gasteiger partial charge < -0.3 is 21.0 Å². The number of rotatable bonds is 9. The van der Waals surface area contributed by atoms with Crippen LogP contribution in [-0.2, 0) is 11.3 Å². The molecule has 118 valence electrons. The Morgan fingerprint density at radius 2 is 2.05 bits per heavy atom. The average Bonchev–Trinajstić information content (AvgIpc) is 2.47.